The van der Waals surface area contributed by atoms with Gasteiger partial charge in [0.15, 0.2) is 0 Å². The lowest BCUT2D eigenvalue weighted by Gasteiger charge is -2.44. The zero-order valence-corrected chi connectivity index (χ0v) is 29.9. The minimum absolute atomic E-state index is 0.0329. The van der Waals surface area contributed by atoms with Crippen LogP contribution in [-0.4, -0.2) is 120 Å². The lowest BCUT2D eigenvalue weighted by molar-refractivity contribution is -0.143. The first-order valence-corrected chi connectivity index (χ1v) is 18.3. The van der Waals surface area contributed by atoms with Crippen molar-refractivity contribution >= 4 is 40.9 Å². The first-order chi connectivity index (χ1) is 24.7. The highest BCUT2D eigenvalue weighted by molar-refractivity contribution is 6.30. The molecule has 4 amide bonds. The summed E-state index contributed by atoms with van der Waals surface area (Å²) in [6, 6.07) is 24.0. The Kier molecular flexibility index (Phi) is 10.3. The van der Waals surface area contributed by atoms with Crippen LogP contribution in [0.2, 0.25) is 5.02 Å². The molecule has 3 saturated heterocycles. The molecule has 2 N–H and O–H groups in total. The fourth-order valence-electron chi connectivity index (χ4n) is 7.93. The number of nitrogens with zero attached hydrogens (tertiary/aromatic N) is 5. The normalized spacial score (nSPS) is 21.1. The van der Waals surface area contributed by atoms with Crippen molar-refractivity contribution in [2.45, 2.75) is 49.9 Å². The summed E-state index contributed by atoms with van der Waals surface area (Å²) in [5, 5.41) is 7.02. The first-order valence-electron chi connectivity index (χ1n) is 17.9. The molecule has 0 saturated carbocycles. The van der Waals surface area contributed by atoms with Crippen LogP contribution in [0, 0.1) is 0 Å². The van der Waals surface area contributed by atoms with E-state index in [1.54, 1.807) is 21.9 Å². The van der Waals surface area contributed by atoms with Crippen molar-refractivity contribution in [2.24, 2.45) is 0 Å². The molecule has 4 heterocycles. The van der Waals surface area contributed by atoms with E-state index in [0.717, 1.165) is 29.9 Å². The van der Waals surface area contributed by atoms with Gasteiger partial charge in [-0.1, -0.05) is 66.2 Å². The monoisotopic (exact) mass is 711 g/mol. The van der Waals surface area contributed by atoms with E-state index in [1.165, 1.54) is 5.56 Å². The Hall–Kier alpha value is -4.45. The molecule has 51 heavy (non-hydrogen) atoms. The zero-order valence-electron chi connectivity index (χ0n) is 29.1. The van der Waals surface area contributed by atoms with Gasteiger partial charge in [-0.3, -0.25) is 19.2 Å². The van der Waals surface area contributed by atoms with Crippen LogP contribution < -0.4 is 15.5 Å². The van der Waals surface area contributed by atoms with Crippen molar-refractivity contribution < 1.29 is 19.2 Å². The molecule has 2 unspecified atom stereocenters. The number of carbonyl (C=O) groups is 4. The number of anilines is 1. The maximum absolute atomic E-state index is 14.4. The van der Waals surface area contributed by atoms with E-state index >= 15 is 0 Å². The number of likely N-dealkylation sites (N-methyl/N-ethyl adjacent to an activating group) is 1. The highest BCUT2D eigenvalue weighted by atomic mass is 35.5. The van der Waals surface area contributed by atoms with E-state index in [0.29, 0.717) is 70.1 Å². The fourth-order valence-corrected chi connectivity index (χ4v) is 8.05. The van der Waals surface area contributed by atoms with Gasteiger partial charge in [0.25, 0.3) is 5.91 Å². The summed E-state index contributed by atoms with van der Waals surface area (Å²) in [6.07, 6.45) is 1.67. The Bertz CT molecular complexity index is 1740. The summed E-state index contributed by atoms with van der Waals surface area (Å²) in [5.41, 5.74) is 3.21. The summed E-state index contributed by atoms with van der Waals surface area (Å²) in [7, 11) is 2.05. The third-order valence-electron chi connectivity index (χ3n) is 11.0. The van der Waals surface area contributed by atoms with Gasteiger partial charge in [-0.15, -0.1) is 0 Å². The van der Waals surface area contributed by atoms with Crippen LogP contribution in [0.1, 0.15) is 29.5 Å². The molecule has 1 spiro atoms. The van der Waals surface area contributed by atoms with Crippen molar-refractivity contribution in [3.8, 4) is 0 Å². The maximum Gasteiger partial charge on any atom is 0.250 e. The van der Waals surface area contributed by atoms with Gasteiger partial charge in [0.1, 0.15) is 18.1 Å². The van der Waals surface area contributed by atoms with Gasteiger partial charge in [-0.05, 0) is 67.3 Å². The second-order valence-corrected chi connectivity index (χ2v) is 14.7. The molecule has 0 aromatic heterocycles. The highest BCUT2D eigenvalue weighted by Gasteiger charge is 2.54. The highest BCUT2D eigenvalue weighted by Crippen LogP contribution is 2.39. The lowest BCUT2D eigenvalue weighted by Crippen LogP contribution is -2.61. The first kappa shape index (κ1) is 35.0. The Balaban J connectivity index is 1.07. The Labute approximate surface area is 304 Å². The standard InChI is InChI=1S/C39H46ClN7O4/c1-43-19-21-44(22-20-43)35(48)26-46-27-47(32-9-3-2-4-10-32)39(38(46)51)15-17-45(18-16-39)37(50)34(23-28-11-13-31(40)14-12-28)42-36(49)33-24-29-7-5-6-8-30(29)25-41-33/h2-14,33-34,41H,15-27H2,1H3,(H,42,49). The Morgan fingerprint density at radius 3 is 2.24 bits per heavy atom. The SMILES string of the molecule is CN1CCN(C(=O)CN2CN(c3ccccc3)C3(CCN(C(=O)C(Cc4ccc(Cl)cc4)NC(=O)C4Cc5ccccc5CN4)CC3)C2=O)CC1. The molecule has 3 aromatic rings. The summed E-state index contributed by atoms with van der Waals surface area (Å²) >= 11 is 6.16. The quantitative estimate of drug-likeness (QED) is 0.370. The molecule has 3 aromatic carbocycles. The number of amides is 4. The van der Waals surface area contributed by atoms with E-state index in [9.17, 15) is 19.2 Å². The third kappa shape index (κ3) is 7.47. The molecular weight excluding hydrogens is 666 g/mol. The largest absolute Gasteiger partial charge is 0.343 e. The van der Waals surface area contributed by atoms with Crippen LogP contribution in [0.4, 0.5) is 5.69 Å². The van der Waals surface area contributed by atoms with Crippen LogP contribution >= 0.6 is 11.6 Å². The average Bonchev–Trinajstić information content (AvgIpc) is 3.41. The van der Waals surface area contributed by atoms with Crippen LogP contribution in [0.3, 0.4) is 0 Å². The van der Waals surface area contributed by atoms with Crippen molar-refractivity contribution in [1.29, 1.82) is 0 Å². The number of halogens is 1. The molecular formula is C39H46ClN7O4. The molecule has 0 aliphatic carbocycles. The number of rotatable bonds is 8. The number of para-hydroxylation sites is 1. The average molecular weight is 712 g/mol. The van der Waals surface area contributed by atoms with E-state index in [1.807, 2.05) is 72.6 Å². The second-order valence-electron chi connectivity index (χ2n) is 14.2. The maximum atomic E-state index is 14.4. The van der Waals surface area contributed by atoms with Crippen LogP contribution in [0.25, 0.3) is 0 Å². The van der Waals surface area contributed by atoms with E-state index < -0.39 is 17.6 Å². The number of carbonyl (C=O) groups excluding carboxylic acids is 4. The minimum Gasteiger partial charge on any atom is -0.343 e. The van der Waals surface area contributed by atoms with Gasteiger partial charge in [0.05, 0.1) is 12.7 Å². The number of fused-ring (bicyclic) bond motifs is 1. The van der Waals surface area contributed by atoms with Gasteiger partial charge in [-0.25, -0.2) is 0 Å². The van der Waals surface area contributed by atoms with E-state index in [2.05, 4.69) is 26.5 Å². The smallest absolute Gasteiger partial charge is 0.250 e. The number of benzene rings is 3. The summed E-state index contributed by atoms with van der Waals surface area (Å²) in [5.74, 6) is -0.503. The van der Waals surface area contributed by atoms with Crippen LogP contribution in [-0.2, 0) is 38.6 Å². The molecule has 4 aliphatic heterocycles. The summed E-state index contributed by atoms with van der Waals surface area (Å²) in [4.78, 5) is 65.4. The Morgan fingerprint density at radius 2 is 1.53 bits per heavy atom. The van der Waals surface area contributed by atoms with Gasteiger partial charge in [-0.2, -0.15) is 0 Å². The van der Waals surface area contributed by atoms with Crippen LogP contribution in [0.5, 0.6) is 0 Å². The number of nitrogens with one attached hydrogen (secondary N) is 2. The topological polar surface area (TPSA) is 109 Å². The van der Waals surface area contributed by atoms with E-state index in [4.69, 9.17) is 11.6 Å². The van der Waals surface area contributed by atoms with Crippen molar-refractivity contribution in [3.05, 3.63) is 101 Å². The summed E-state index contributed by atoms with van der Waals surface area (Å²) < 4.78 is 0. The molecule has 3 fully saturated rings. The van der Waals surface area contributed by atoms with Crippen LogP contribution in [0.15, 0.2) is 78.9 Å². The van der Waals surface area contributed by atoms with E-state index in [-0.39, 0.29) is 30.2 Å². The molecule has 4 aliphatic rings. The molecule has 268 valence electrons. The number of piperazine rings is 1. The Morgan fingerprint density at radius 1 is 0.863 bits per heavy atom. The molecule has 0 bridgehead atoms. The number of hydrogen-bond donors (Lipinski definition) is 2. The van der Waals surface area contributed by atoms with Crippen molar-refractivity contribution in [2.75, 3.05) is 64.4 Å². The predicted octanol–water partition coefficient (Wildman–Crippen LogP) is 2.52. The number of hydrogen-bond acceptors (Lipinski definition) is 7. The van der Waals surface area contributed by atoms with Gasteiger partial charge in [0, 0.05) is 62.9 Å². The predicted molar refractivity (Wildman–Crippen MR) is 196 cm³/mol. The second kappa shape index (κ2) is 15.0. The number of piperidine rings is 1. The molecule has 11 nitrogen and oxygen atoms in total. The zero-order chi connectivity index (χ0) is 35.5. The minimum atomic E-state index is -0.880. The molecule has 12 heteroatoms. The number of likely N-dealkylation sites (tertiary alicyclic amines) is 1. The summed E-state index contributed by atoms with van der Waals surface area (Å²) in [6.45, 7) is 4.55. The fraction of sp³-hybridized carbons (Fsp3) is 0.436. The van der Waals surface area contributed by atoms with Gasteiger partial charge >= 0.3 is 0 Å². The van der Waals surface area contributed by atoms with Gasteiger partial charge < -0.3 is 35.1 Å². The van der Waals surface area contributed by atoms with Gasteiger partial charge in [0.2, 0.25) is 17.7 Å². The third-order valence-corrected chi connectivity index (χ3v) is 11.3. The molecule has 0 radical (unpaired) electrons. The van der Waals surface area contributed by atoms with Crippen molar-refractivity contribution in [3.63, 3.8) is 0 Å². The molecule has 7 rings (SSSR count). The molecule has 2 atom stereocenters. The van der Waals surface area contributed by atoms with Crippen molar-refractivity contribution in [1.82, 2.24) is 30.2 Å². The lowest BCUT2D eigenvalue weighted by atomic mass is 9.85.